The zero-order valence-electron chi connectivity index (χ0n) is 15.1. The van der Waals surface area contributed by atoms with Gasteiger partial charge in [0, 0.05) is 22.5 Å². The van der Waals surface area contributed by atoms with Gasteiger partial charge in [-0.05, 0) is 37.3 Å². The number of nitrogens with one attached hydrogen (secondary N) is 1. The average molecular weight is 417 g/mol. The van der Waals surface area contributed by atoms with Crippen molar-refractivity contribution in [1.82, 2.24) is 4.98 Å². The van der Waals surface area contributed by atoms with Gasteiger partial charge in [0.25, 0.3) is 5.91 Å². The lowest BCUT2D eigenvalue weighted by molar-refractivity contribution is -0.153. The molecule has 0 bridgehead atoms. The highest BCUT2D eigenvalue weighted by Crippen LogP contribution is 2.25. The highest BCUT2D eigenvalue weighted by Gasteiger charge is 2.19. The first-order chi connectivity index (χ1) is 13.4. The normalized spacial score (nSPS) is 11.8. The fraction of sp³-hybridized carbons (Fsp3) is 0.190. The zero-order valence-corrected chi connectivity index (χ0v) is 16.6. The van der Waals surface area contributed by atoms with Crippen LogP contribution >= 0.6 is 23.2 Å². The van der Waals surface area contributed by atoms with Crippen LogP contribution in [0.4, 0.5) is 5.69 Å². The number of benzene rings is 2. The van der Waals surface area contributed by atoms with Crippen LogP contribution in [-0.2, 0) is 20.7 Å². The van der Waals surface area contributed by atoms with Crippen LogP contribution in [0.2, 0.25) is 10.0 Å². The Morgan fingerprint density at radius 1 is 1.11 bits per heavy atom. The van der Waals surface area contributed by atoms with Crippen LogP contribution in [0.25, 0.3) is 10.9 Å². The first-order valence-electron chi connectivity index (χ1n) is 8.72. The number of aromatic nitrogens is 1. The molecule has 0 radical (unpaired) electrons. The summed E-state index contributed by atoms with van der Waals surface area (Å²) in [5.41, 5.74) is 2.03. The molecule has 3 aromatic rings. The van der Waals surface area contributed by atoms with Crippen LogP contribution in [0.15, 0.2) is 54.6 Å². The summed E-state index contributed by atoms with van der Waals surface area (Å²) in [5, 5.41) is 4.43. The maximum atomic E-state index is 12.2. The molecule has 0 saturated carbocycles. The van der Waals surface area contributed by atoms with Crippen LogP contribution in [0.5, 0.6) is 0 Å². The van der Waals surface area contributed by atoms with E-state index in [9.17, 15) is 9.59 Å². The summed E-state index contributed by atoms with van der Waals surface area (Å²) >= 11 is 11.9. The molecule has 28 heavy (non-hydrogen) atoms. The van der Waals surface area contributed by atoms with Crippen LogP contribution in [0, 0.1) is 0 Å². The molecule has 0 aliphatic heterocycles. The van der Waals surface area contributed by atoms with Gasteiger partial charge in [0.05, 0.1) is 22.6 Å². The van der Waals surface area contributed by atoms with E-state index in [-0.39, 0.29) is 6.42 Å². The van der Waals surface area contributed by atoms with Crippen molar-refractivity contribution in [2.75, 3.05) is 5.32 Å². The van der Waals surface area contributed by atoms with Crippen molar-refractivity contribution >= 4 is 51.7 Å². The van der Waals surface area contributed by atoms with Gasteiger partial charge >= 0.3 is 5.97 Å². The van der Waals surface area contributed by atoms with Gasteiger partial charge in [0.15, 0.2) is 6.10 Å². The quantitative estimate of drug-likeness (QED) is 0.571. The van der Waals surface area contributed by atoms with Crippen LogP contribution in [0.3, 0.4) is 0 Å². The maximum Gasteiger partial charge on any atom is 0.306 e. The third kappa shape index (κ3) is 5.21. The van der Waals surface area contributed by atoms with Crippen molar-refractivity contribution in [3.8, 4) is 0 Å². The van der Waals surface area contributed by atoms with E-state index < -0.39 is 18.0 Å². The van der Waals surface area contributed by atoms with E-state index in [4.69, 9.17) is 27.9 Å². The highest BCUT2D eigenvalue weighted by molar-refractivity contribution is 6.35. The van der Waals surface area contributed by atoms with Crippen LogP contribution < -0.4 is 5.32 Å². The van der Waals surface area contributed by atoms with E-state index in [0.717, 1.165) is 16.6 Å². The Hall–Kier alpha value is -2.63. The molecule has 7 heteroatoms. The molecule has 2 aromatic carbocycles. The Morgan fingerprint density at radius 2 is 1.89 bits per heavy atom. The number of esters is 1. The smallest absolute Gasteiger partial charge is 0.306 e. The van der Waals surface area contributed by atoms with Gasteiger partial charge in [-0.2, -0.15) is 0 Å². The molecule has 1 heterocycles. The second kappa shape index (κ2) is 9.04. The molecule has 0 spiro atoms. The molecule has 0 saturated heterocycles. The number of pyridine rings is 1. The van der Waals surface area contributed by atoms with Crippen LogP contribution in [0.1, 0.15) is 19.0 Å². The minimum Gasteiger partial charge on any atom is -0.453 e. The fourth-order valence-corrected chi connectivity index (χ4v) is 2.95. The molecule has 1 aromatic heterocycles. The second-order valence-corrected chi connectivity index (χ2v) is 7.08. The summed E-state index contributed by atoms with van der Waals surface area (Å²) in [4.78, 5) is 28.8. The van der Waals surface area contributed by atoms with Crippen molar-refractivity contribution in [2.24, 2.45) is 0 Å². The molecule has 1 atom stereocenters. The lowest BCUT2D eigenvalue weighted by Crippen LogP contribution is -2.30. The highest BCUT2D eigenvalue weighted by atomic mass is 35.5. The first kappa shape index (κ1) is 20.1. The molecule has 1 amide bonds. The van der Waals surface area contributed by atoms with Crippen LogP contribution in [-0.4, -0.2) is 23.0 Å². The van der Waals surface area contributed by atoms with Crippen molar-refractivity contribution in [2.45, 2.75) is 25.9 Å². The Kier molecular flexibility index (Phi) is 6.49. The number of fused-ring (bicyclic) bond motifs is 1. The fourth-order valence-electron chi connectivity index (χ4n) is 2.61. The Balaban J connectivity index is 1.53. The predicted octanol–water partition coefficient (Wildman–Crippen LogP) is 5.04. The number of aryl methyl sites for hydroxylation is 1. The maximum absolute atomic E-state index is 12.2. The van der Waals surface area contributed by atoms with Gasteiger partial charge in [-0.15, -0.1) is 0 Å². The van der Waals surface area contributed by atoms with E-state index in [0.29, 0.717) is 22.2 Å². The van der Waals surface area contributed by atoms with Gasteiger partial charge in [-0.1, -0.05) is 47.5 Å². The lowest BCUT2D eigenvalue weighted by atomic mass is 10.1. The zero-order chi connectivity index (χ0) is 20.1. The largest absolute Gasteiger partial charge is 0.453 e. The molecule has 0 aliphatic carbocycles. The summed E-state index contributed by atoms with van der Waals surface area (Å²) in [6.45, 7) is 1.50. The molecule has 0 aliphatic rings. The minimum absolute atomic E-state index is 0.126. The van der Waals surface area contributed by atoms with Gasteiger partial charge in [-0.25, -0.2) is 0 Å². The van der Waals surface area contributed by atoms with Crippen molar-refractivity contribution in [3.05, 3.63) is 70.3 Å². The summed E-state index contributed by atoms with van der Waals surface area (Å²) < 4.78 is 5.21. The van der Waals surface area contributed by atoms with Crippen molar-refractivity contribution in [1.29, 1.82) is 0 Å². The average Bonchev–Trinajstić information content (AvgIpc) is 2.69. The number of anilines is 1. The third-order valence-corrected chi connectivity index (χ3v) is 4.67. The van der Waals surface area contributed by atoms with Gasteiger partial charge < -0.3 is 10.1 Å². The van der Waals surface area contributed by atoms with E-state index in [1.54, 1.807) is 12.1 Å². The minimum atomic E-state index is -0.966. The molecular weight excluding hydrogens is 399 g/mol. The number of para-hydroxylation sites is 1. The second-order valence-electron chi connectivity index (χ2n) is 6.24. The standard InChI is InChI=1S/C21H18Cl2N2O3/c1-13(21(27)25-19-12-15(22)7-10-17(19)23)28-20(26)11-9-16-8-6-14-4-2-3-5-18(14)24-16/h2-8,10,12-13H,9,11H2,1H3,(H,25,27). The number of carbonyl (C=O) groups excluding carboxylic acids is 2. The number of carbonyl (C=O) groups is 2. The summed E-state index contributed by atoms with van der Waals surface area (Å²) in [6.07, 6.45) is -0.411. The Labute approximate surface area is 172 Å². The summed E-state index contributed by atoms with van der Waals surface area (Å²) in [7, 11) is 0. The van der Waals surface area contributed by atoms with E-state index in [1.807, 2.05) is 36.4 Å². The SMILES string of the molecule is CC(OC(=O)CCc1ccc2ccccc2n1)C(=O)Nc1cc(Cl)ccc1Cl. The number of amides is 1. The number of ether oxygens (including phenoxy) is 1. The predicted molar refractivity (Wildman–Crippen MR) is 111 cm³/mol. The van der Waals surface area contributed by atoms with Gasteiger partial charge in [0.2, 0.25) is 0 Å². The van der Waals surface area contributed by atoms with E-state index >= 15 is 0 Å². The molecule has 1 N–H and O–H groups in total. The molecule has 5 nitrogen and oxygen atoms in total. The first-order valence-corrected chi connectivity index (χ1v) is 9.48. The molecule has 144 valence electrons. The Morgan fingerprint density at radius 3 is 2.71 bits per heavy atom. The topological polar surface area (TPSA) is 68.3 Å². The molecule has 1 unspecified atom stereocenters. The number of halogens is 2. The third-order valence-electron chi connectivity index (χ3n) is 4.11. The summed E-state index contributed by atoms with van der Waals surface area (Å²) in [6, 6.07) is 16.3. The molecular formula is C21H18Cl2N2O3. The number of hydrogen-bond donors (Lipinski definition) is 1. The van der Waals surface area contributed by atoms with E-state index in [1.165, 1.54) is 13.0 Å². The van der Waals surface area contributed by atoms with Gasteiger partial charge in [0.1, 0.15) is 0 Å². The molecule has 3 rings (SSSR count). The monoisotopic (exact) mass is 416 g/mol. The number of rotatable bonds is 6. The number of nitrogens with zero attached hydrogens (tertiary/aromatic N) is 1. The molecule has 0 fully saturated rings. The van der Waals surface area contributed by atoms with Gasteiger partial charge in [-0.3, -0.25) is 14.6 Å². The van der Waals surface area contributed by atoms with E-state index in [2.05, 4.69) is 10.3 Å². The Bertz CT molecular complexity index is 1020. The number of hydrogen-bond acceptors (Lipinski definition) is 4. The lowest BCUT2D eigenvalue weighted by Gasteiger charge is -2.14. The summed E-state index contributed by atoms with van der Waals surface area (Å²) in [5.74, 6) is -0.962. The van der Waals surface area contributed by atoms with Crippen molar-refractivity contribution in [3.63, 3.8) is 0 Å². The van der Waals surface area contributed by atoms with Crippen molar-refractivity contribution < 1.29 is 14.3 Å².